The first kappa shape index (κ1) is 31.7. The van der Waals surface area contributed by atoms with Gasteiger partial charge in [-0.15, -0.1) is 0 Å². The van der Waals surface area contributed by atoms with Gasteiger partial charge in [-0.05, 0) is 81.2 Å². The topological polar surface area (TPSA) is 32.6 Å². The van der Waals surface area contributed by atoms with Crippen LogP contribution in [-0.2, 0) is 0 Å². The lowest BCUT2D eigenvalue weighted by atomic mass is 10.1. The zero-order chi connectivity index (χ0) is 34.4. The molecule has 1 aromatic heterocycles. The highest BCUT2D eigenvalue weighted by Crippen LogP contribution is 2.40. The summed E-state index contributed by atoms with van der Waals surface area (Å²) in [6.45, 7) is 10.8. The van der Waals surface area contributed by atoms with E-state index in [-0.39, 0.29) is 18.5 Å². The second kappa shape index (κ2) is 13.0. The number of aryl methyl sites for hydroxylation is 3. The van der Waals surface area contributed by atoms with Crippen LogP contribution < -0.4 is 14.7 Å². The first-order valence-corrected chi connectivity index (χ1v) is 17.7. The fourth-order valence-electron chi connectivity index (χ4n) is 7.76. The molecule has 3 atom stereocenters. The summed E-state index contributed by atoms with van der Waals surface area (Å²) < 4.78 is 6.52. The molecule has 254 valence electrons. The lowest BCUT2D eigenvalue weighted by Crippen LogP contribution is -2.41. The van der Waals surface area contributed by atoms with E-state index >= 15 is 0 Å². The summed E-state index contributed by atoms with van der Waals surface area (Å²) in [7, 11) is 2.15. The molecule has 4 heterocycles. The third-order valence-electron chi connectivity index (χ3n) is 10.6. The Morgan fingerprint density at radius 3 is 1.98 bits per heavy atom. The number of nitrogens with zero attached hydrogens (tertiary/aromatic N) is 6. The number of hydrogen-bond acceptors (Lipinski definition) is 7. The van der Waals surface area contributed by atoms with Crippen LogP contribution in [0.4, 0.5) is 17.1 Å². The second-order valence-corrected chi connectivity index (χ2v) is 13.7. The van der Waals surface area contributed by atoms with E-state index in [9.17, 15) is 0 Å². The second-order valence-electron chi connectivity index (χ2n) is 13.7. The molecule has 0 radical (unpaired) electrons. The molecule has 0 bridgehead atoms. The van der Waals surface area contributed by atoms with Crippen LogP contribution in [-0.4, -0.2) is 53.3 Å². The highest BCUT2D eigenvalue weighted by molar-refractivity contribution is 6.09. The Balaban J connectivity index is 1.04. The maximum absolute atomic E-state index is 6.52. The van der Waals surface area contributed by atoms with Crippen LogP contribution in [0.1, 0.15) is 30.0 Å². The summed E-state index contributed by atoms with van der Waals surface area (Å²) in [5.41, 5.74) is 9.20. The molecule has 50 heavy (non-hydrogen) atoms. The number of fused-ring (bicyclic) bond motifs is 3. The van der Waals surface area contributed by atoms with Crippen LogP contribution in [0.15, 0.2) is 139 Å². The van der Waals surface area contributed by atoms with Gasteiger partial charge in [0.05, 0.1) is 5.69 Å². The number of furan rings is 1. The van der Waals surface area contributed by atoms with E-state index in [4.69, 9.17) is 4.42 Å². The molecule has 0 spiro atoms. The normalized spacial score (nSPS) is 20.4. The molecule has 7 nitrogen and oxygen atoms in total. The molecule has 3 aliphatic heterocycles. The summed E-state index contributed by atoms with van der Waals surface area (Å²) in [4.78, 5) is 14.3. The monoisotopic (exact) mass is 662 g/mol. The molecule has 0 aliphatic carbocycles. The Hall–Kier alpha value is -5.56. The third-order valence-corrected chi connectivity index (χ3v) is 10.6. The van der Waals surface area contributed by atoms with Gasteiger partial charge in [0.15, 0.2) is 5.58 Å². The minimum Gasteiger partial charge on any atom is -0.454 e. The first-order chi connectivity index (χ1) is 24.4. The highest BCUT2D eigenvalue weighted by Gasteiger charge is 2.31. The predicted octanol–water partition coefficient (Wildman–Crippen LogP) is 9.27. The Bertz CT molecular complexity index is 2140. The van der Waals surface area contributed by atoms with Crippen molar-refractivity contribution in [2.24, 2.45) is 0 Å². The van der Waals surface area contributed by atoms with E-state index in [1.807, 2.05) is 6.07 Å². The van der Waals surface area contributed by atoms with Gasteiger partial charge >= 0.3 is 0 Å². The minimum atomic E-state index is -0.00306. The number of anilines is 3. The molecule has 0 saturated carbocycles. The zero-order valence-electron chi connectivity index (χ0n) is 29.6. The summed E-state index contributed by atoms with van der Waals surface area (Å²) in [6.07, 6.45) is 19.4. The number of para-hydroxylation sites is 3. The molecule has 0 fully saturated rings. The third kappa shape index (κ3) is 5.56. The van der Waals surface area contributed by atoms with Crippen molar-refractivity contribution in [3.05, 3.63) is 151 Å². The van der Waals surface area contributed by atoms with Crippen molar-refractivity contribution in [1.82, 2.24) is 14.7 Å². The van der Waals surface area contributed by atoms with Gasteiger partial charge in [0, 0.05) is 79.5 Å². The molecule has 7 heteroatoms. The van der Waals surface area contributed by atoms with Crippen molar-refractivity contribution in [2.45, 2.75) is 52.6 Å². The van der Waals surface area contributed by atoms with Crippen molar-refractivity contribution in [3.63, 3.8) is 0 Å². The Labute approximate surface area is 295 Å². The van der Waals surface area contributed by atoms with E-state index in [1.165, 1.54) is 28.1 Å². The number of hydrogen-bond donors (Lipinski definition) is 0. The molecule has 3 aliphatic rings. The van der Waals surface area contributed by atoms with Crippen LogP contribution in [0.25, 0.3) is 21.9 Å². The standard InChI is InChI=1S/C43H46N6O/c1-31-13-6-9-16-37(31)47-29-26-45(34(47)4)23-12-24-46-27-30-48(38-17-10-7-14-32(38)2)41(46)22-21-40-44(5)25-28-49(40)42-33(3)19-20-36-35-15-8-11-18-39(35)50-43(36)42/h6-11,13-22,25-30,34,40-41H,12,23-24H2,1-5H3/b22-21-. The lowest BCUT2D eigenvalue weighted by molar-refractivity contribution is 0.276. The molecule has 0 amide bonds. The van der Waals surface area contributed by atoms with E-state index in [1.54, 1.807) is 0 Å². The van der Waals surface area contributed by atoms with Crippen LogP contribution in [0.3, 0.4) is 0 Å². The maximum atomic E-state index is 6.52. The van der Waals surface area contributed by atoms with Gasteiger partial charge in [0.25, 0.3) is 0 Å². The van der Waals surface area contributed by atoms with Crippen molar-refractivity contribution >= 4 is 39.0 Å². The zero-order valence-corrected chi connectivity index (χ0v) is 29.6. The molecule has 4 aromatic carbocycles. The Kier molecular flexibility index (Phi) is 8.27. The van der Waals surface area contributed by atoms with Crippen LogP contribution in [0, 0.1) is 20.8 Å². The van der Waals surface area contributed by atoms with Gasteiger partial charge in [-0.2, -0.15) is 0 Å². The average Bonchev–Trinajstić information content (AvgIpc) is 3.89. The Morgan fingerprint density at radius 2 is 1.20 bits per heavy atom. The van der Waals surface area contributed by atoms with Gasteiger partial charge in [-0.25, -0.2) is 0 Å². The van der Waals surface area contributed by atoms with Gasteiger partial charge in [-0.1, -0.05) is 66.7 Å². The summed E-state index contributed by atoms with van der Waals surface area (Å²) >= 11 is 0. The van der Waals surface area contributed by atoms with Crippen LogP contribution in [0.2, 0.25) is 0 Å². The summed E-state index contributed by atoms with van der Waals surface area (Å²) in [6, 6.07) is 30.0. The fraction of sp³-hybridized carbons (Fsp3) is 0.256. The van der Waals surface area contributed by atoms with Crippen LogP contribution >= 0.6 is 0 Å². The van der Waals surface area contributed by atoms with Gasteiger partial charge in [0.2, 0.25) is 0 Å². The molecule has 3 unspecified atom stereocenters. The maximum Gasteiger partial charge on any atom is 0.159 e. The van der Waals surface area contributed by atoms with Gasteiger partial charge < -0.3 is 33.8 Å². The molecular formula is C43H46N6O. The SMILES string of the molecule is Cc1ccccc1N1C=CN(CCCN2C=CN(c3ccccc3C)C2/C=C\C2N(C)C=CN2c2c(C)ccc3c2oc2ccccc23)C1C. The van der Waals surface area contributed by atoms with Crippen molar-refractivity contribution in [3.8, 4) is 0 Å². The largest absolute Gasteiger partial charge is 0.454 e. The Morgan fingerprint density at radius 1 is 0.580 bits per heavy atom. The van der Waals surface area contributed by atoms with E-state index in [2.05, 4.69) is 192 Å². The smallest absolute Gasteiger partial charge is 0.159 e. The van der Waals surface area contributed by atoms with Crippen molar-refractivity contribution in [2.75, 3.05) is 34.8 Å². The van der Waals surface area contributed by atoms with Gasteiger partial charge in [-0.3, -0.25) is 0 Å². The average molecular weight is 663 g/mol. The highest BCUT2D eigenvalue weighted by atomic mass is 16.3. The first-order valence-electron chi connectivity index (χ1n) is 17.7. The molecule has 5 aromatic rings. The van der Waals surface area contributed by atoms with Gasteiger partial charge in [0.1, 0.15) is 24.1 Å². The quantitative estimate of drug-likeness (QED) is 0.146. The van der Waals surface area contributed by atoms with Crippen molar-refractivity contribution < 1.29 is 4.42 Å². The number of benzene rings is 4. The number of likely N-dealkylation sites (N-methyl/N-ethyl adjacent to an activating group) is 1. The van der Waals surface area contributed by atoms with E-state index < -0.39 is 0 Å². The summed E-state index contributed by atoms with van der Waals surface area (Å²) in [5, 5.41) is 2.29. The number of rotatable bonds is 9. The minimum absolute atomic E-state index is 0.00306. The lowest BCUT2D eigenvalue weighted by Gasteiger charge is -2.34. The molecule has 0 N–H and O–H groups in total. The molecule has 0 saturated heterocycles. The fourth-order valence-corrected chi connectivity index (χ4v) is 7.76. The van der Waals surface area contributed by atoms with Crippen molar-refractivity contribution in [1.29, 1.82) is 0 Å². The summed E-state index contributed by atoms with van der Waals surface area (Å²) in [5.74, 6) is 0. The van der Waals surface area contributed by atoms with E-state index in [0.717, 1.165) is 47.1 Å². The van der Waals surface area contributed by atoms with Crippen LogP contribution in [0.5, 0.6) is 0 Å². The molecular weight excluding hydrogens is 617 g/mol. The predicted molar refractivity (Wildman–Crippen MR) is 208 cm³/mol. The van der Waals surface area contributed by atoms with E-state index in [0.29, 0.717) is 0 Å². The molecule has 8 rings (SSSR count).